The Labute approximate surface area is 279 Å². The van der Waals surface area contributed by atoms with Crippen LogP contribution in [0.25, 0.3) is 0 Å². The lowest BCUT2D eigenvalue weighted by atomic mass is 9.53. The van der Waals surface area contributed by atoms with Crippen molar-refractivity contribution >= 4 is 22.1 Å². The van der Waals surface area contributed by atoms with Gasteiger partial charge in [0, 0.05) is 50.5 Å². The monoisotopic (exact) mass is 666 g/mol. The van der Waals surface area contributed by atoms with E-state index in [4.69, 9.17) is 9.32 Å². The molecule has 1 aliphatic heterocycles. The van der Waals surface area contributed by atoms with Crippen molar-refractivity contribution in [2.75, 3.05) is 32.7 Å². The van der Waals surface area contributed by atoms with Crippen molar-refractivity contribution in [3.8, 4) is 5.75 Å². The summed E-state index contributed by atoms with van der Waals surface area (Å²) < 4.78 is 27.8. The van der Waals surface area contributed by atoms with Crippen LogP contribution in [0.1, 0.15) is 75.5 Å². The maximum atomic E-state index is 13.7. The normalized spacial score (nSPS) is 29.8. The van der Waals surface area contributed by atoms with Crippen molar-refractivity contribution in [3.05, 3.63) is 65.2 Å². The summed E-state index contributed by atoms with van der Waals surface area (Å²) in [5, 5.41) is 20.4. The number of rotatable bonds is 9. The summed E-state index contributed by atoms with van der Waals surface area (Å²) in [5.74, 6) is 1.14. The predicted molar refractivity (Wildman–Crippen MR) is 180 cm³/mol. The van der Waals surface area contributed by atoms with E-state index in [2.05, 4.69) is 17.1 Å². The van der Waals surface area contributed by atoms with Gasteiger partial charge >= 0.3 is 10.3 Å². The van der Waals surface area contributed by atoms with Gasteiger partial charge in [0.1, 0.15) is 11.8 Å². The molecular formula is C36H50N4O6S. The summed E-state index contributed by atoms with van der Waals surface area (Å²) >= 11 is 0. The number of piperazine rings is 1. The molecule has 0 spiro atoms. The maximum absolute atomic E-state index is 13.7. The van der Waals surface area contributed by atoms with E-state index in [9.17, 15) is 23.1 Å². The predicted octanol–water partition coefficient (Wildman–Crippen LogP) is 3.38. The highest BCUT2D eigenvalue weighted by Gasteiger charge is 2.61. The Morgan fingerprint density at radius 3 is 2.45 bits per heavy atom. The molecule has 256 valence electrons. The summed E-state index contributed by atoms with van der Waals surface area (Å²) in [4.78, 5) is 30.5. The van der Waals surface area contributed by atoms with E-state index in [0.717, 1.165) is 49.7 Å². The second kappa shape index (κ2) is 13.1. The van der Waals surface area contributed by atoms with Crippen LogP contribution in [0.2, 0.25) is 0 Å². The van der Waals surface area contributed by atoms with Crippen LogP contribution in [0.15, 0.2) is 48.5 Å². The van der Waals surface area contributed by atoms with E-state index < -0.39 is 21.9 Å². The lowest BCUT2D eigenvalue weighted by Crippen LogP contribution is -2.60. The van der Waals surface area contributed by atoms with Gasteiger partial charge in [-0.15, -0.1) is 0 Å². The van der Waals surface area contributed by atoms with E-state index in [1.165, 1.54) is 5.56 Å². The SMILES string of the molecule is CC(C)C(=O)N[C@@H](Cc1ccccc1)C(=O)N1CCN(C[C@]2(O)CC[C@H]3[C@@H]4CCc5cc(OS(N)(=O)=O)ccc5[C@H]4CC[C@@]32C)CC1. The van der Waals surface area contributed by atoms with E-state index >= 15 is 0 Å². The molecule has 3 fully saturated rings. The number of aliphatic hydroxyl groups is 1. The first-order valence-corrected chi connectivity index (χ1v) is 18.7. The number of carbonyl (C=O) groups excluding carboxylic acids is 2. The van der Waals surface area contributed by atoms with Crippen molar-refractivity contribution in [2.24, 2.45) is 28.3 Å². The zero-order valence-electron chi connectivity index (χ0n) is 27.9. The second-order valence-corrected chi connectivity index (χ2v) is 16.0. The van der Waals surface area contributed by atoms with Gasteiger partial charge in [0.25, 0.3) is 0 Å². The number of nitrogens with two attached hydrogens (primary N) is 1. The molecule has 2 amide bonds. The number of hydrogen-bond donors (Lipinski definition) is 3. The van der Waals surface area contributed by atoms with E-state index in [1.807, 2.05) is 61.2 Å². The third kappa shape index (κ3) is 6.95. The molecule has 1 heterocycles. The Balaban J connectivity index is 1.08. The lowest BCUT2D eigenvalue weighted by molar-refractivity contribution is -0.141. The van der Waals surface area contributed by atoms with Crippen molar-refractivity contribution in [3.63, 3.8) is 0 Å². The fourth-order valence-corrected chi connectivity index (χ4v) is 9.59. The first-order valence-electron chi connectivity index (χ1n) is 17.2. The van der Waals surface area contributed by atoms with Crippen LogP contribution in [-0.2, 0) is 32.7 Å². The summed E-state index contributed by atoms with van der Waals surface area (Å²) in [6.45, 7) is 9.07. The van der Waals surface area contributed by atoms with Gasteiger partial charge in [-0.25, -0.2) is 0 Å². The summed E-state index contributed by atoms with van der Waals surface area (Å²) in [6, 6.07) is 14.7. The third-order valence-corrected chi connectivity index (χ3v) is 12.2. The highest BCUT2D eigenvalue weighted by atomic mass is 32.2. The third-order valence-electron chi connectivity index (χ3n) is 11.8. The second-order valence-electron chi connectivity index (χ2n) is 14.9. The van der Waals surface area contributed by atoms with Crippen molar-refractivity contribution in [1.82, 2.24) is 15.1 Å². The van der Waals surface area contributed by atoms with Crippen LogP contribution in [-0.4, -0.2) is 79.5 Å². The number of hydrogen-bond acceptors (Lipinski definition) is 7. The first kappa shape index (κ1) is 33.9. The molecule has 2 aromatic rings. The zero-order valence-corrected chi connectivity index (χ0v) is 28.7. The number of amides is 2. The molecule has 6 rings (SSSR count). The average Bonchev–Trinajstić information content (AvgIpc) is 3.29. The van der Waals surface area contributed by atoms with Gasteiger partial charge in [-0.1, -0.05) is 57.2 Å². The molecule has 0 unspecified atom stereocenters. The van der Waals surface area contributed by atoms with Gasteiger partial charge in [0.05, 0.1) is 5.60 Å². The minimum absolute atomic E-state index is 0.0478. The molecule has 3 aliphatic carbocycles. The van der Waals surface area contributed by atoms with Crippen LogP contribution in [0.3, 0.4) is 0 Å². The molecule has 6 atom stereocenters. The summed E-state index contributed by atoms with van der Waals surface area (Å²) in [5.41, 5.74) is 2.42. The van der Waals surface area contributed by atoms with E-state index in [-0.39, 0.29) is 28.9 Å². The minimum atomic E-state index is -4.07. The van der Waals surface area contributed by atoms with Crippen LogP contribution < -0.4 is 14.6 Å². The fourth-order valence-electron chi connectivity index (χ4n) is 9.22. The van der Waals surface area contributed by atoms with Crippen molar-refractivity contribution in [2.45, 2.75) is 83.3 Å². The molecule has 1 saturated heterocycles. The Hall–Kier alpha value is -2.99. The molecule has 2 saturated carbocycles. The molecular weight excluding hydrogens is 616 g/mol. The number of benzene rings is 2. The molecule has 0 aromatic heterocycles. The Morgan fingerprint density at radius 2 is 1.77 bits per heavy atom. The zero-order chi connectivity index (χ0) is 33.6. The van der Waals surface area contributed by atoms with E-state index in [1.54, 1.807) is 6.07 Å². The fraction of sp³-hybridized carbons (Fsp3) is 0.611. The van der Waals surface area contributed by atoms with Gasteiger partial charge in [-0.3, -0.25) is 14.5 Å². The number of β-amino-alcohol motifs (C(OH)–C–C–N with tert-alkyl or cyclic N) is 1. The molecule has 4 N–H and O–H groups in total. The van der Waals surface area contributed by atoms with Crippen molar-refractivity contribution in [1.29, 1.82) is 0 Å². The highest BCUT2D eigenvalue weighted by molar-refractivity contribution is 7.84. The minimum Gasteiger partial charge on any atom is -0.388 e. The molecule has 0 radical (unpaired) electrons. The average molecular weight is 667 g/mol. The van der Waals surface area contributed by atoms with Crippen molar-refractivity contribution < 1.29 is 27.3 Å². The highest BCUT2D eigenvalue weighted by Crippen LogP contribution is 2.64. The Bertz CT molecular complexity index is 1580. The smallest absolute Gasteiger partial charge is 0.380 e. The van der Waals surface area contributed by atoms with Crippen LogP contribution >= 0.6 is 0 Å². The maximum Gasteiger partial charge on any atom is 0.380 e. The topological polar surface area (TPSA) is 142 Å². The number of nitrogens with one attached hydrogen (secondary N) is 1. The van der Waals surface area contributed by atoms with Gasteiger partial charge in [0.2, 0.25) is 11.8 Å². The largest absolute Gasteiger partial charge is 0.388 e. The van der Waals surface area contributed by atoms with E-state index in [0.29, 0.717) is 56.9 Å². The number of fused-ring (bicyclic) bond motifs is 5. The first-order chi connectivity index (χ1) is 22.3. The van der Waals surface area contributed by atoms with Crippen LogP contribution in [0, 0.1) is 23.2 Å². The standard InChI is InChI=1S/C36H50N4O6S/c1-24(2)33(41)38-32(21-25-7-5-4-6-8-25)34(42)40-19-17-39(18-20-40)23-36(43)16-14-31-30-11-9-26-22-27(46-47(37,44)45)10-12-28(26)29(30)13-15-35(31,36)3/h4-8,10,12,22,24,29-32,43H,9,11,13-21,23H2,1-3H3,(H,38,41)(H2,37,44,45)/t29-,30-,31+,32+,35+,36-/m1/s1. The van der Waals surface area contributed by atoms with Gasteiger partial charge in [0.15, 0.2) is 0 Å². The molecule has 10 nitrogen and oxygen atoms in total. The molecule has 47 heavy (non-hydrogen) atoms. The number of aryl methyl sites for hydroxylation is 1. The quantitative estimate of drug-likeness (QED) is 0.373. The van der Waals surface area contributed by atoms with Crippen LogP contribution in [0.4, 0.5) is 0 Å². The number of nitrogens with zero attached hydrogens (tertiary/aromatic N) is 2. The molecule has 0 bridgehead atoms. The van der Waals surface area contributed by atoms with Gasteiger partial charge in [-0.2, -0.15) is 13.6 Å². The van der Waals surface area contributed by atoms with Gasteiger partial charge < -0.3 is 19.5 Å². The summed E-state index contributed by atoms with van der Waals surface area (Å²) in [7, 11) is -4.07. The number of carbonyl (C=O) groups is 2. The Kier molecular flexibility index (Phi) is 9.47. The molecule has 4 aliphatic rings. The molecule has 11 heteroatoms. The molecule has 2 aromatic carbocycles. The van der Waals surface area contributed by atoms with Gasteiger partial charge in [-0.05, 0) is 85.1 Å². The Morgan fingerprint density at radius 1 is 1.04 bits per heavy atom. The summed E-state index contributed by atoms with van der Waals surface area (Å²) in [6.07, 6.45) is 5.98. The lowest BCUT2D eigenvalue weighted by Gasteiger charge is -2.54. The van der Waals surface area contributed by atoms with Crippen LogP contribution in [0.5, 0.6) is 5.75 Å².